The van der Waals surface area contributed by atoms with Gasteiger partial charge >= 0.3 is 18.1 Å². The molecule has 0 aliphatic rings. The van der Waals surface area contributed by atoms with Gasteiger partial charge in [-0.2, -0.15) is 0 Å². The Hall–Kier alpha value is -2.05. The second-order valence-electron chi connectivity index (χ2n) is 2.86. The van der Waals surface area contributed by atoms with E-state index in [4.69, 9.17) is 0 Å². The number of hydrogen-bond acceptors (Lipinski definition) is 7. The normalized spacial score (nSPS) is 10.4. The first-order valence-corrected chi connectivity index (χ1v) is 4.87. The second kappa shape index (κ2) is 8.14. The lowest BCUT2D eigenvalue weighted by Gasteiger charge is -2.05. The van der Waals surface area contributed by atoms with Crippen LogP contribution in [0.3, 0.4) is 0 Å². The summed E-state index contributed by atoms with van der Waals surface area (Å²) in [4.78, 5) is 32.6. The van der Waals surface area contributed by atoms with Crippen LogP contribution in [0.5, 0.6) is 0 Å². The Morgan fingerprint density at radius 2 is 1.94 bits per heavy atom. The summed E-state index contributed by atoms with van der Waals surface area (Å²) < 4.78 is 13.0. The number of carbonyl (C=O) groups excluding carboxylic acids is 3. The molecule has 0 aromatic carbocycles. The van der Waals surface area contributed by atoms with Crippen molar-refractivity contribution in [2.45, 2.75) is 13.8 Å². The van der Waals surface area contributed by atoms with Crippen molar-refractivity contribution in [2.75, 3.05) is 20.3 Å². The summed E-state index contributed by atoms with van der Waals surface area (Å²) >= 11 is 0. The summed E-state index contributed by atoms with van der Waals surface area (Å²) in [6.45, 7) is 3.03. The molecule has 0 saturated carbocycles. The van der Waals surface area contributed by atoms with Crippen LogP contribution in [-0.2, 0) is 23.8 Å². The molecule has 0 heterocycles. The van der Waals surface area contributed by atoms with Crippen LogP contribution >= 0.6 is 0 Å². The summed E-state index contributed by atoms with van der Waals surface area (Å²) in [5, 5.41) is 2.57. The average molecular weight is 245 g/mol. The molecule has 0 unspecified atom stereocenters. The lowest BCUT2D eigenvalue weighted by Crippen LogP contribution is -2.26. The van der Waals surface area contributed by atoms with Crippen LogP contribution in [-0.4, -0.2) is 38.4 Å². The minimum absolute atomic E-state index is 0.126. The Bertz CT molecular complexity index is 323. The molecule has 0 radical (unpaired) electrons. The maximum Gasteiger partial charge on any atom is 0.516 e. The van der Waals surface area contributed by atoms with Gasteiger partial charge in [-0.1, -0.05) is 0 Å². The third-order valence-electron chi connectivity index (χ3n) is 1.51. The molecular weight excluding hydrogens is 230 g/mol. The van der Waals surface area contributed by atoms with Gasteiger partial charge in [-0.15, -0.1) is 0 Å². The molecule has 0 fully saturated rings. The first kappa shape index (κ1) is 14.9. The molecule has 0 saturated heterocycles. The Morgan fingerprint density at radius 1 is 1.29 bits per heavy atom. The van der Waals surface area contributed by atoms with Crippen molar-refractivity contribution in [1.82, 2.24) is 5.32 Å². The molecule has 7 heteroatoms. The second-order valence-corrected chi connectivity index (χ2v) is 2.86. The molecular formula is C10H15NO6. The van der Waals surface area contributed by atoms with Gasteiger partial charge in [0.2, 0.25) is 0 Å². The van der Waals surface area contributed by atoms with Crippen LogP contribution in [0.15, 0.2) is 11.8 Å². The minimum Gasteiger partial charge on any atom is -0.466 e. The molecule has 0 spiro atoms. The number of methoxy groups -OCH3 is 1. The van der Waals surface area contributed by atoms with Gasteiger partial charge in [-0.25, -0.2) is 14.4 Å². The van der Waals surface area contributed by atoms with Crippen molar-refractivity contribution in [3.8, 4) is 0 Å². The topological polar surface area (TPSA) is 90.9 Å². The van der Waals surface area contributed by atoms with Gasteiger partial charge in [-0.05, 0) is 13.8 Å². The largest absolute Gasteiger partial charge is 0.516 e. The zero-order valence-corrected chi connectivity index (χ0v) is 9.94. The first-order valence-electron chi connectivity index (χ1n) is 4.87. The average Bonchev–Trinajstić information content (AvgIpc) is 2.26. The minimum atomic E-state index is -1.05. The monoisotopic (exact) mass is 245 g/mol. The van der Waals surface area contributed by atoms with E-state index in [-0.39, 0.29) is 13.2 Å². The third-order valence-corrected chi connectivity index (χ3v) is 1.51. The van der Waals surface area contributed by atoms with Crippen LogP contribution in [0.1, 0.15) is 13.8 Å². The standard InChI is InChI=1S/C10H15NO6/c1-4-16-10(14)17-9(13)6-11-7(2)5-8(12)15-3/h5,11H,4,6H2,1-3H3/b7-5-. The van der Waals surface area contributed by atoms with E-state index >= 15 is 0 Å². The molecule has 1 N–H and O–H groups in total. The van der Waals surface area contributed by atoms with E-state index in [1.165, 1.54) is 7.11 Å². The zero-order chi connectivity index (χ0) is 13.3. The smallest absolute Gasteiger partial charge is 0.466 e. The highest BCUT2D eigenvalue weighted by molar-refractivity contribution is 5.84. The number of nitrogens with one attached hydrogen (secondary N) is 1. The van der Waals surface area contributed by atoms with Gasteiger partial charge in [0.1, 0.15) is 6.54 Å². The van der Waals surface area contributed by atoms with Gasteiger partial charge in [0.15, 0.2) is 0 Å². The van der Waals surface area contributed by atoms with E-state index < -0.39 is 18.1 Å². The fourth-order valence-electron chi connectivity index (χ4n) is 0.775. The van der Waals surface area contributed by atoms with E-state index in [9.17, 15) is 14.4 Å². The Balaban J connectivity index is 3.95. The summed E-state index contributed by atoms with van der Waals surface area (Å²) in [6.07, 6.45) is 0.117. The number of esters is 2. The fourth-order valence-corrected chi connectivity index (χ4v) is 0.775. The van der Waals surface area contributed by atoms with Crippen molar-refractivity contribution in [3.63, 3.8) is 0 Å². The molecule has 17 heavy (non-hydrogen) atoms. The van der Waals surface area contributed by atoms with Gasteiger partial charge in [0.25, 0.3) is 0 Å². The summed E-state index contributed by atoms with van der Waals surface area (Å²) in [6, 6.07) is 0. The van der Waals surface area contributed by atoms with E-state index in [1.807, 2.05) is 0 Å². The predicted octanol–water partition coefficient (Wildman–Crippen LogP) is 0.352. The summed E-state index contributed by atoms with van der Waals surface area (Å²) in [7, 11) is 1.24. The maximum atomic E-state index is 11.1. The van der Waals surface area contributed by atoms with Crippen LogP contribution in [0.4, 0.5) is 4.79 Å². The number of carbonyl (C=O) groups is 3. The molecule has 0 aliphatic carbocycles. The molecule has 96 valence electrons. The molecule has 0 rings (SSSR count). The molecule has 0 aromatic rings. The lowest BCUT2D eigenvalue weighted by atomic mass is 10.4. The van der Waals surface area contributed by atoms with Gasteiger partial charge < -0.3 is 19.5 Å². The van der Waals surface area contributed by atoms with Gasteiger partial charge in [-0.3, -0.25) is 0 Å². The summed E-state index contributed by atoms with van der Waals surface area (Å²) in [5.74, 6) is -1.35. The van der Waals surface area contributed by atoms with E-state index in [0.717, 1.165) is 6.08 Å². The molecule has 0 bridgehead atoms. The van der Waals surface area contributed by atoms with Crippen molar-refractivity contribution in [3.05, 3.63) is 11.8 Å². The SMILES string of the molecule is CCOC(=O)OC(=O)CN/C(C)=C\C(=O)OC. The molecule has 7 nitrogen and oxygen atoms in total. The van der Waals surface area contributed by atoms with Crippen molar-refractivity contribution >= 4 is 18.1 Å². The number of ether oxygens (including phenoxy) is 3. The van der Waals surface area contributed by atoms with Gasteiger partial charge in [0, 0.05) is 11.8 Å². The third kappa shape index (κ3) is 7.83. The van der Waals surface area contributed by atoms with Crippen molar-refractivity contribution in [1.29, 1.82) is 0 Å². The summed E-state index contributed by atoms with van der Waals surface area (Å²) in [5.41, 5.74) is 0.414. The number of hydrogen-bond donors (Lipinski definition) is 1. The highest BCUT2D eigenvalue weighted by Gasteiger charge is 2.10. The lowest BCUT2D eigenvalue weighted by molar-refractivity contribution is -0.139. The van der Waals surface area contributed by atoms with E-state index in [2.05, 4.69) is 19.5 Å². The Morgan fingerprint density at radius 3 is 2.47 bits per heavy atom. The zero-order valence-electron chi connectivity index (χ0n) is 9.94. The Kier molecular flexibility index (Phi) is 7.16. The van der Waals surface area contributed by atoms with E-state index in [1.54, 1.807) is 13.8 Å². The quantitative estimate of drug-likeness (QED) is 0.424. The fraction of sp³-hybridized carbons (Fsp3) is 0.500. The van der Waals surface area contributed by atoms with E-state index in [0.29, 0.717) is 5.70 Å². The van der Waals surface area contributed by atoms with Crippen molar-refractivity contribution < 1.29 is 28.6 Å². The highest BCUT2D eigenvalue weighted by Crippen LogP contribution is 1.90. The first-order chi connectivity index (χ1) is 7.99. The van der Waals surface area contributed by atoms with Crippen LogP contribution in [0.25, 0.3) is 0 Å². The maximum absolute atomic E-state index is 11.1. The van der Waals surface area contributed by atoms with Crippen molar-refractivity contribution in [2.24, 2.45) is 0 Å². The Labute approximate surface area is 98.7 Å². The number of allylic oxidation sites excluding steroid dienone is 1. The molecule has 0 aromatic heterocycles. The van der Waals surface area contributed by atoms with Crippen LogP contribution in [0.2, 0.25) is 0 Å². The van der Waals surface area contributed by atoms with Gasteiger partial charge in [0.05, 0.1) is 13.7 Å². The highest BCUT2D eigenvalue weighted by atomic mass is 16.7. The molecule has 0 aliphatic heterocycles. The van der Waals surface area contributed by atoms with Crippen LogP contribution < -0.4 is 5.32 Å². The predicted molar refractivity (Wildman–Crippen MR) is 56.9 cm³/mol. The van der Waals surface area contributed by atoms with Crippen LogP contribution in [0, 0.1) is 0 Å². The molecule has 0 amide bonds. The molecule has 0 atom stereocenters. The number of rotatable bonds is 5.